The average Bonchev–Trinajstić information content (AvgIpc) is 3.17. The molecule has 172 valence electrons. The Labute approximate surface area is 195 Å². The zero-order valence-electron chi connectivity index (χ0n) is 18.7. The fourth-order valence-corrected chi connectivity index (χ4v) is 5.32. The van der Waals surface area contributed by atoms with E-state index in [9.17, 15) is 14.4 Å². The number of carbonyl (C=O) groups is 3. The summed E-state index contributed by atoms with van der Waals surface area (Å²) in [6.07, 6.45) is 3.14. The molecular formula is C24H25N3O5S. The minimum atomic E-state index is -1.05. The molecule has 8 nitrogen and oxygen atoms in total. The number of fused-ring (bicyclic) bond motifs is 2. The lowest BCUT2D eigenvalue weighted by molar-refractivity contribution is -0.124. The molecule has 0 saturated heterocycles. The van der Waals surface area contributed by atoms with Crippen molar-refractivity contribution in [3.63, 3.8) is 0 Å². The van der Waals surface area contributed by atoms with Crippen molar-refractivity contribution in [2.45, 2.75) is 45.6 Å². The molecule has 2 atom stereocenters. The Balaban J connectivity index is 1.53. The lowest BCUT2D eigenvalue weighted by Crippen LogP contribution is -2.32. The van der Waals surface area contributed by atoms with Gasteiger partial charge in [-0.05, 0) is 49.3 Å². The van der Waals surface area contributed by atoms with Gasteiger partial charge in [-0.25, -0.2) is 14.6 Å². The van der Waals surface area contributed by atoms with Crippen molar-refractivity contribution >= 4 is 45.2 Å². The summed E-state index contributed by atoms with van der Waals surface area (Å²) in [6.45, 7) is 3.91. The van der Waals surface area contributed by atoms with Crippen LogP contribution in [0, 0.1) is 5.92 Å². The molecule has 0 saturated carbocycles. The fraction of sp³-hybridized carbons (Fsp3) is 0.375. The van der Waals surface area contributed by atoms with Gasteiger partial charge in [-0.3, -0.25) is 9.78 Å². The summed E-state index contributed by atoms with van der Waals surface area (Å²) in [5.41, 5.74) is 2.59. The molecule has 33 heavy (non-hydrogen) atoms. The summed E-state index contributed by atoms with van der Waals surface area (Å²) < 4.78 is 10.4. The molecule has 1 aliphatic carbocycles. The van der Waals surface area contributed by atoms with Gasteiger partial charge in [0.1, 0.15) is 5.00 Å². The van der Waals surface area contributed by atoms with Crippen LogP contribution in [0.25, 0.3) is 11.0 Å². The highest BCUT2D eigenvalue weighted by atomic mass is 32.1. The molecule has 2 unspecified atom stereocenters. The van der Waals surface area contributed by atoms with Crippen LogP contribution in [-0.2, 0) is 27.1 Å². The van der Waals surface area contributed by atoms with Crippen LogP contribution in [0.2, 0.25) is 0 Å². The number of rotatable bonds is 6. The van der Waals surface area contributed by atoms with Gasteiger partial charge in [-0.15, -0.1) is 11.3 Å². The van der Waals surface area contributed by atoms with Crippen LogP contribution >= 0.6 is 11.3 Å². The average molecular weight is 468 g/mol. The van der Waals surface area contributed by atoms with Crippen molar-refractivity contribution in [1.29, 1.82) is 0 Å². The van der Waals surface area contributed by atoms with Crippen molar-refractivity contribution < 1.29 is 23.9 Å². The minimum Gasteiger partial charge on any atom is -0.465 e. The van der Waals surface area contributed by atoms with Crippen molar-refractivity contribution in [2.75, 3.05) is 12.4 Å². The third-order valence-corrected chi connectivity index (χ3v) is 6.88. The molecule has 0 bridgehead atoms. The highest BCUT2D eigenvalue weighted by Crippen LogP contribution is 2.40. The van der Waals surface area contributed by atoms with E-state index in [0.29, 0.717) is 27.5 Å². The lowest BCUT2D eigenvalue weighted by Gasteiger charge is -2.18. The largest absolute Gasteiger partial charge is 0.465 e. The first-order valence-electron chi connectivity index (χ1n) is 10.9. The molecule has 4 rings (SSSR count). The van der Waals surface area contributed by atoms with Gasteiger partial charge in [0.2, 0.25) is 0 Å². The number of hydrogen-bond donors (Lipinski definition) is 1. The molecule has 9 heteroatoms. The van der Waals surface area contributed by atoms with Gasteiger partial charge in [-0.2, -0.15) is 0 Å². The van der Waals surface area contributed by atoms with Crippen LogP contribution in [-0.4, -0.2) is 41.0 Å². The second-order valence-electron chi connectivity index (χ2n) is 8.08. The highest BCUT2D eigenvalue weighted by Gasteiger charge is 2.31. The number of esters is 2. The third kappa shape index (κ3) is 4.73. The minimum absolute atomic E-state index is 0.0239. The number of methoxy groups -OCH3 is 1. The maximum atomic E-state index is 13.0. The van der Waals surface area contributed by atoms with Crippen LogP contribution in [0.15, 0.2) is 30.5 Å². The summed E-state index contributed by atoms with van der Waals surface area (Å²) in [4.78, 5) is 47.7. The van der Waals surface area contributed by atoms with Gasteiger partial charge in [0, 0.05) is 4.88 Å². The summed E-state index contributed by atoms with van der Waals surface area (Å²) in [6, 6.07) is 7.17. The van der Waals surface area contributed by atoms with Gasteiger partial charge in [0.15, 0.2) is 11.8 Å². The zero-order chi connectivity index (χ0) is 23.5. The standard InChI is InChI=1S/C24H25N3O5S/c1-4-18(32-23(29)17-12-25-15-7-5-6-8-16(15)26-17)21(28)27-22-20(24(30)31-3)14-10-9-13(2)11-19(14)33-22/h5-8,12-13,18H,4,9-11H2,1-3H3,(H,27,28). The Morgan fingerprint density at radius 1 is 1.21 bits per heavy atom. The molecule has 0 spiro atoms. The van der Waals surface area contributed by atoms with Gasteiger partial charge in [-0.1, -0.05) is 26.0 Å². The number of aromatic nitrogens is 2. The van der Waals surface area contributed by atoms with Crippen LogP contribution < -0.4 is 5.32 Å². The second kappa shape index (κ2) is 9.66. The molecular weight excluding hydrogens is 442 g/mol. The van der Waals surface area contributed by atoms with Crippen LogP contribution in [0.1, 0.15) is 58.0 Å². The first kappa shape index (κ1) is 22.8. The molecule has 2 heterocycles. The molecule has 0 radical (unpaired) electrons. The predicted octanol–water partition coefficient (Wildman–Crippen LogP) is 4.18. The van der Waals surface area contributed by atoms with Crippen molar-refractivity contribution in [2.24, 2.45) is 5.92 Å². The van der Waals surface area contributed by atoms with Crippen LogP contribution in [0.5, 0.6) is 0 Å². The van der Waals surface area contributed by atoms with Gasteiger partial charge in [0.25, 0.3) is 5.91 Å². The van der Waals surface area contributed by atoms with Gasteiger partial charge >= 0.3 is 11.9 Å². The van der Waals surface area contributed by atoms with Crippen molar-refractivity contribution in [1.82, 2.24) is 9.97 Å². The van der Waals surface area contributed by atoms with Gasteiger partial charge < -0.3 is 14.8 Å². The second-order valence-corrected chi connectivity index (χ2v) is 9.19. The molecule has 1 aromatic carbocycles. The van der Waals surface area contributed by atoms with E-state index in [1.165, 1.54) is 24.6 Å². The molecule has 1 amide bonds. The Kier molecular flexibility index (Phi) is 6.69. The molecule has 1 aliphatic rings. The SMILES string of the molecule is CCC(OC(=O)c1cnc2ccccc2n1)C(=O)Nc1sc2c(c1C(=O)OC)CCC(C)C2. The Morgan fingerprint density at radius 2 is 1.97 bits per heavy atom. The number of carbonyl (C=O) groups excluding carboxylic acids is 3. The summed E-state index contributed by atoms with van der Waals surface area (Å²) in [5, 5.41) is 3.24. The first-order valence-corrected chi connectivity index (χ1v) is 11.7. The van der Waals surface area contributed by atoms with E-state index >= 15 is 0 Å². The van der Waals surface area contributed by atoms with E-state index in [0.717, 1.165) is 29.7 Å². The highest BCUT2D eigenvalue weighted by molar-refractivity contribution is 7.17. The molecule has 2 aromatic heterocycles. The Bertz CT molecular complexity index is 1220. The molecule has 3 aromatic rings. The first-order chi connectivity index (χ1) is 15.9. The van der Waals surface area contributed by atoms with Crippen LogP contribution in [0.3, 0.4) is 0 Å². The number of para-hydroxylation sites is 2. The molecule has 0 fully saturated rings. The fourth-order valence-electron chi connectivity index (χ4n) is 3.92. The maximum Gasteiger partial charge on any atom is 0.359 e. The van der Waals surface area contributed by atoms with E-state index in [1.807, 2.05) is 6.07 Å². The van der Waals surface area contributed by atoms with E-state index in [-0.39, 0.29) is 12.1 Å². The van der Waals surface area contributed by atoms with Crippen molar-refractivity contribution in [3.05, 3.63) is 52.2 Å². The smallest absolute Gasteiger partial charge is 0.359 e. The number of benzene rings is 1. The molecule has 1 N–H and O–H groups in total. The number of thiophene rings is 1. The van der Waals surface area contributed by atoms with E-state index < -0.39 is 23.9 Å². The Hall–Kier alpha value is -3.33. The monoisotopic (exact) mass is 467 g/mol. The van der Waals surface area contributed by atoms with Crippen LogP contribution in [0.4, 0.5) is 5.00 Å². The zero-order valence-corrected chi connectivity index (χ0v) is 19.5. The quantitative estimate of drug-likeness (QED) is 0.542. The lowest BCUT2D eigenvalue weighted by atomic mass is 9.88. The Morgan fingerprint density at radius 3 is 2.70 bits per heavy atom. The number of anilines is 1. The third-order valence-electron chi connectivity index (χ3n) is 5.71. The number of amides is 1. The maximum absolute atomic E-state index is 13.0. The summed E-state index contributed by atoms with van der Waals surface area (Å²) in [7, 11) is 1.32. The normalized spacial score (nSPS) is 16.0. The van der Waals surface area contributed by atoms with E-state index in [2.05, 4.69) is 22.2 Å². The topological polar surface area (TPSA) is 107 Å². The van der Waals surface area contributed by atoms with Crippen molar-refractivity contribution in [3.8, 4) is 0 Å². The summed E-state index contributed by atoms with van der Waals surface area (Å²) in [5.74, 6) is -1.20. The summed E-state index contributed by atoms with van der Waals surface area (Å²) >= 11 is 1.39. The predicted molar refractivity (Wildman–Crippen MR) is 125 cm³/mol. The number of nitrogens with zero attached hydrogens (tertiary/aromatic N) is 2. The van der Waals surface area contributed by atoms with E-state index in [4.69, 9.17) is 9.47 Å². The van der Waals surface area contributed by atoms with Gasteiger partial charge in [0.05, 0.1) is 29.9 Å². The van der Waals surface area contributed by atoms with E-state index in [1.54, 1.807) is 25.1 Å². The molecule has 0 aliphatic heterocycles. The number of ether oxygens (including phenoxy) is 2. The number of nitrogens with one attached hydrogen (secondary N) is 1. The number of hydrogen-bond acceptors (Lipinski definition) is 8.